The van der Waals surface area contributed by atoms with Crippen molar-refractivity contribution in [1.29, 1.82) is 0 Å². The summed E-state index contributed by atoms with van der Waals surface area (Å²) in [6.07, 6.45) is 6.78. The molecule has 25 heavy (non-hydrogen) atoms. The molecule has 2 saturated heterocycles. The Bertz CT molecular complexity index is 498. The number of aliphatic hydroxyl groups is 1. The van der Waals surface area contributed by atoms with E-state index in [1.807, 2.05) is 0 Å². The van der Waals surface area contributed by atoms with Gasteiger partial charge in [0.2, 0.25) is 0 Å². The van der Waals surface area contributed by atoms with Gasteiger partial charge in [-0.2, -0.15) is 0 Å². The molecular weight excluding hydrogens is 312 g/mol. The summed E-state index contributed by atoms with van der Waals surface area (Å²) in [5.41, 5.74) is 2.86. The predicted molar refractivity (Wildman–Crippen MR) is 103 cm³/mol. The van der Waals surface area contributed by atoms with E-state index in [9.17, 15) is 5.11 Å². The Kier molecular flexibility index (Phi) is 6.74. The van der Waals surface area contributed by atoms with Crippen LogP contribution in [-0.2, 0) is 4.74 Å². The van der Waals surface area contributed by atoms with E-state index in [4.69, 9.17) is 4.74 Å². The summed E-state index contributed by atoms with van der Waals surface area (Å²) in [5, 5.41) is 13.1. The number of piperidine rings is 1. The monoisotopic (exact) mass is 346 g/mol. The first-order valence-corrected chi connectivity index (χ1v) is 9.93. The van der Waals surface area contributed by atoms with E-state index in [-0.39, 0.29) is 0 Å². The molecule has 1 aromatic rings. The van der Waals surface area contributed by atoms with E-state index in [0.717, 1.165) is 39.0 Å². The SMILES string of the molecule is Cc1ccc(NC2CCN(CCC3(CCO)CCOCC3)CC2)cc1. The van der Waals surface area contributed by atoms with Gasteiger partial charge in [0, 0.05) is 44.6 Å². The molecule has 2 aliphatic heterocycles. The van der Waals surface area contributed by atoms with E-state index < -0.39 is 0 Å². The van der Waals surface area contributed by atoms with Crippen LogP contribution >= 0.6 is 0 Å². The fraction of sp³-hybridized carbons (Fsp3) is 0.714. The Morgan fingerprint density at radius 1 is 1.12 bits per heavy atom. The number of nitrogens with zero attached hydrogens (tertiary/aromatic N) is 1. The second-order valence-electron chi connectivity index (χ2n) is 7.96. The van der Waals surface area contributed by atoms with Crippen molar-refractivity contribution in [3.05, 3.63) is 29.8 Å². The number of hydrogen-bond acceptors (Lipinski definition) is 4. The van der Waals surface area contributed by atoms with Crippen LogP contribution in [0.25, 0.3) is 0 Å². The molecule has 2 heterocycles. The number of rotatable bonds is 7. The molecule has 0 aliphatic carbocycles. The average molecular weight is 347 g/mol. The van der Waals surface area contributed by atoms with Crippen LogP contribution in [0.3, 0.4) is 0 Å². The summed E-state index contributed by atoms with van der Waals surface area (Å²) in [5.74, 6) is 0. The van der Waals surface area contributed by atoms with E-state index in [1.54, 1.807) is 0 Å². The highest BCUT2D eigenvalue weighted by atomic mass is 16.5. The van der Waals surface area contributed by atoms with Crippen LogP contribution in [0.4, 0.5) is 5.69 Å². The van der Waals surface area contributed by atoms with E-state index in [2.05, 4.69) is 41.4 Å². The standard InChI is InChI=1S/C21H34N2O2/c1-18-2-4-19(5-3-18)22-20-6-12-23(13-7-20)14-8-21(9-15-24)10-16-25-17-11-21/h2-5,20,22,24H,6-17H2,1H3. The number of hydrogen-bond donors (Lipinski definition) is 2. The molecule has 0 amide bonds. The van der Waals surface area contributed by atoms with Gasteiger partial charge in [0.15, 0.2) is 0 Å². The maximum Gasteiger partial charge on any atom is 0.0471 e. The van der Waals surface area contributed by atoms with Gasteiger partial charge in [-0.15, -0.1) is 0 Å². The molecule has 4 nitrogen and oxygen atoms in total. The predicted octanol–water partition coefficient (Wildman–Crippen LogP) is 3.44. The summed E-state index contributed by atoms with van der Waals surface area (Å²) in [6.45, 7) is 7.68. The molecule has 4 heteroatoms. The van der Waals surface area contributed by atoms with Gasteiger partial charge in [-0.3, -0.25) is 0 Å². The lowest BCUT2D eigenvalue weighted by atomic mass is 9.74. The second kappa shape index (κ2) is 9.02. The van der Waals surface area contributed by atoms with Crippen molar-refractivity contribution < 1.29 is 9.84 Å². The van der Waals surface area contributed by atoms with Gasteiger partial charge >= 0.3 is 0 Å². The lowest BCUT2D eigenvalue weighted by Crippen LogP contribution is -2.42. The molecule has 2 aliphatic rings. The third kappa shape index (κ3) is 5.44. The van der Waals surface area contributed by atoms with Crippen LogP contribution in [0.2, 0.25) is 0 Å². The Labute approximate surface area is 152 Å². The minimum Gasteiger partial charge on any atom is -0.396 e. The number of aryl methyl sites for hydroxylation is 1. The third-order valence-electron chi connectivity index (χ3n) is 6.16. The second-order valence-corrected chi connectivity index (χ2v) is 7.96. The van der Waals surface area contributed by atoms with Gasteiger partial charge in [0.1, 0.15) is 0 Å². The minimum absolute atomic E-state index is 0.308. The Balaban J connectivity index is 1.42. The fourth-order valence-corrected chi connectivity index (χ4v) is 4.25. The summed E-state index contributed by atoms with van der Waals surface area (Å²) >= 11 is 0. The topological polar surface area (TPSA) is 44.7 Å². The molecule has 0 unspecified atom stereocenters. The van der Waals surface area contributed by atoms with Crippen molar-refractivity contribution in [2.45, 2.75) is 51.5 Å². The molecule has 2 fully saturated rings. The molecule has 2 N–H and O–H groups in total. The van der Waals surface area contributed by atoms with Gasteiger partial charge in [0.05, 0.1) is 0 Å². The average Bonchev–Trinajstić information content (AvgIpc) is 2.64. The lowest BCUT2D eigenvalue weighted by Gasteiger charge is -2.40. The molecule has 0 atom stereocenters. The minimum atomic E-state index is 0.308. The van der Waals surface area contributed by atoms with Gasteiger partial charge in [-0.05, 0) is 69.5 Å². The summed E-state index contributed by atoms with van der Waals surface area (Å²) < 4.78 is 5.54. The molecule has 0 spiro atoms. The van der Waals surface area contributed by atoms with Crippen molar-refractivity contribution >= 4 is 5.69 Å². The fourth-order valence-electron chi connectivity index (χ4n) is 4.25. The molecule has 3 rings (SSSR count). The zero-order valence-corrected chi connectivity index (χ0v) is 15.7. The number of anilines is 1. The highest BCUT2D eigenvalue weighted by Gasteiger charge is 2.32. The summed E-state index contributed by atoms with van der Waals surface area (Å²) in [6, 6.07) is 9.31. The van der Waals surface area contributed by atoms with Gasteiger partial charge in [-0.25, -0.2) is 0 Å². The van der Waals surface area contributed by atoms with Gasteiger partial charge in [0.25, 0.3) is 0 Å². The largest absolute Gasteiger partial charge is 0.396 e. The molecule has 0 saturated carbocycles. The number of aliphatic hydroxyl groups excluding tert-OH is 1. The van der Waals surface area contributed by atoms with E-state index in [1.165, 1.54) is 43.6 Å². The molecule has 1 aromatic carbocycles. The summed E-state index contributed by atoms with van der Waals surface area (Å²) in [4.78, 5) is 2.61. The van der Waals surface area contributed by atoms with Gasteiger partial charge < -0.3 is 20.1 Å². The van der Waals surface area contributed by atoms with Crippen LogP contribution in [0.5, 0.6) is 0 Å². The maximum atomic E-state index is 9.45. The number of ether oxygens (including phenoxy) is 1. The molecule has 0 radical (unpaired) electrons. The van der Waals surface area contributed by atoms with E-state index >= 15 is 0 Å². The van der Waals surface area contributed by atoms with Crippen molar-refractivity contribution in [1.82, 2.24) is 4.90 Å². The third-order valence-corrected chi connectivity index (χ3v) is 6.16. The number of likely N-dealkylation sites (tertiary alicyclic amines) is 1. The van der Waals surface area contributed by atoms with Crippen molar-refractivity contribution in [3.63, 3.8) is 0 Å². The quantitative estimate of drug-likeness (QED) is 0.794. The first-order valence-electron chi connectivity index (χ1n) is 9.93. The first-order chi connectivity index (χ1) is 12.2. The Hall–Kier alpha value is -1.10. The lowest BCUT2D eigenvalue weighted by molar-refractivity contribution is -0.00800. The molecule has 140 valence electrons. The first kappa shape index (κ1) is 18.7. The smallest absolute Gasteiger partial charge is 0.0471 e. The van der Waals surface area contributed by atoms with E-state index in [0.29, 0.717) is 18.1 Å². The van der Waals surface area contributed by atoms with Crippen molar-refractivity contribution in [3.8, 4) is 0 Å². The Morgan fingerprint density at radius 3 is 2.44 bits per heavy atom. The zero-order chi connectivity index (χ0) is 17.5. The normalized spacial score (nSPS) is 22.0. The molecule has 0 bridgehead atoms. The van der Waals surface area contributed by atoms with Crippen molar-refractivity contribution in [2.24, 2.45) is 5.41 Å². The highest BCUT2D eigenvalue weighted by molar-refractivity contribution is 5.45. The van der Waals surface area contributed by atoms with Gasteiger partial charge in [-0.1, -0.05) is 17.7 Å². The highest BCUT2D eigenvalue weighted by Crippen LogP contribution is 2.37. The van der Waals surface area contributed by atoms with Crippen LogP contribution in [-0.4, -0.2) is 55.5 Å². The van der Waals surface area contributed by atoms with Crippen LogP contribution in [0, 0.1) is 12.3 Å². The number of nitrogens with one attached hydrogen (secondary N) is 1. The van der Waals surface area contributed by atoms with Crippen LogP contribution < -0.4 is 5.32 Å². The Morgan fingerprint density at radius 2 is 1.80 bits per heavy atom. The molecular formula is C21H34N2O2. The molecule has 0 aromatic heterocycles. The zero-order valence-electron chi connectivity index (χ0n) is 15.7. The number of benzene rings is 1. The van der Waals surface area contributed by atoms with Crippen LogP contribution in [0.15, 0.2) is 24.3 Å². The van der Waals surface area contributed by atoms with Crippen LogP contribution in [0.1, 0.15) is 44.1 Å². The summed E-state index contributed by atoms with van der Waals surface area (Å²) in [7, 11) is 0. The maximum absolute atomic E-state index is 9.45. The van der Waals surface area contributed by atoms with Crippen molar-refractivity contribution in [2.75, 3.05) is 44.8 Å².